The summed E-state index contributed by atoms with van der Waals surface area (Å²) < 4.78 is 0. The van der Waals surface area contributed by atoms with Crippen LogP contribution in [0.5, 0.6) is 0 Å². The highest BCUT2D eigenvalue weighted by atomic mass is 35.5. The molecule has 2 aromatic carbocycles. The van der Waals surface area contributed by atoms with Crippen molar-refractivity contribution in [2.75, 3.05) is 10.7 Å². The first-order valence-electron chi connectivity index (χ1n) is 6.83. The van der Waals surface area contributed by atoms with E-state index in [1.807, 2.05) is 41.3 Å². The van der Waals surface area contributed by atoms with Gasteiger partial charge in [-0.15, -0.1) is 11.8 Å². The molecule has 1 atom stereocenters. The Hall–Kier alpha value is -1.45. The molecule has 0 aliphatic carbocycles. The predicted octanol–water partition coefficient (Wildman–Crippen LogP) is 4.74. The molecular weight excluding hydrogens is 302 g/mol. The second kappa shape index (κ2) is 5.74. The van der Waals surface area contributed by atoms with E-state index >= 15 is 0 Å². The van der Waals surface area contributed by atoms with E-state index in [9.17, 15) is 4.79 Å². The van der Waals surface area contributed by atoms with Gasteiger partial charge in [-0.1, -0.05) is 35.9 Å². The van der Waals surface area contributed by atoms with E-state index in [4.69, 9.17) is 11.6 Å². The topological polar surface area (TPSA) is 20.3 Å². The second-order valence-electron chi connectivity index (χ2n) is 5.20. The molecule has 2 aromatic rings. The summed E-state index contributed by atoms with van der Waals surface area (Å²) in [4.78, 5) is 14.3. The van der Waals surface area contributed by atoms with Gasteiger partial charge in [0.05, 0.1) is 5.75 Å². The largest absolute Gasteiger partial charge is 0.295 e. The standard InChI is InChI=1S/C17H16ClNOS/c1-11-4-3-5-15(12(11)2)19-16(20)10-21-17(19)13-6-8-14(18)9-7-13/h3-9,17H,10H2,1-2H3/t17-/m1/s1. The van der Waals surface area contributed by atoms with Crippen LogP contribution in [-0.2, 0) is 4.79 Å². The summed E-state index contributed by atoms with van der Waals surface area (Å²) in [6, 6.07) is 13.8. The van der Waals surface area contributed by atoms with Crippen molar-refractivity contribution in [1.82, 2.24) is 0 Å². The van der Waals surface area contributed by atoms with Gasteiger partial charge in [0.15, 0.2) is 0 Å². The van der Waals surface area contributed by atoms with Crippen LogP contribution in [0.4, 0.5) is 5.69 Å². The van der Waals surface area contributed by atoms with Crippen LogP contribution in [0.15, 0.2) is 42.5 Å². The third kappa shape index (κ3) is 2.68. The Balaban J connectivity index is 2.04. The minimum absolute atomic E-state index is 0.0234. The lowest BCUT2D eigenvalue weighted by Gasteiger charge is -2.26. The molecule has 0 unspecified atom stereocenters. The number of nitrogens with zero attached hydrogens (tertiary/aromatic N) is 1. The van der Waals surface area contributed by atoms with Gasteiger partial charge in [0.25, 0.3) is 0 Å². The van der Waals surface area contributed by atoms with Gasteiger partial charge in [-0.3, -0.25) is 9.69 Å². The smallest absolute Gasteiger partial charge is 0.238 e. The van der Waals surface area contributed by atoms with E-state index in [0.717, 1.165) is 16.8 Å². The zero-order valence-electron chi connectivity index (χ0n) is 12.0. The van der Waals surface area contributed by atoms with Gasteiger partial charge in [-0.05, 0) is 48.7 Å². The van der Waals surface area contributed by atoms with Crippen LogP contribution in [0.1, 0.15) is 22.1 Å². The summed E-state index contributed by atoms with van der Waals surface area (Å²) >= 11 is 7.62. The van der Waals surface area contributed by atoms with Crippen molar-refractivity contribution < 1.29 is 4.79 Å². The van der Waals surface area contributed by atoms with Crippen LogP contribution >= 0.6 is 23.4 Å². The Labute approximate surface area is 134 Å². The number of hydrogen-bond donors (Lipinski definition) is 0. The average Bonchev–Trinajstić information content (AvgIpc) is 2.85. The van der Waals surface area contributed by atoms with Crippen molar-refractivity contribution in [1.29, 1.82) is 0 Å². The lowest BCUT2D eigenvalue weighted by Crippen LogP contribution is -2.28. The summed E-state index contributed by atoms with van der Waals surface area (Å²) in [5.74, 6) is 0.675. The molecule has 0 N–H and O–H groups in total. The van der Waals surface area contributed by atoms with Gasteiger partial charge in [0.1, 0.15) is 5.37 Å². The van der Waals surface area contributed by atoms with E-state index in [2.05, 4.69) is 19.9 Å². The molecule has 0 radical (unpaired) electrons. The number of rotatable bonds is 2. The molecule has 0 spiro atoms. The molecule has 4 heteroatoms. The van der Waals surface area contributed by atoms with Crippen LogP contribution in [0.2, 0.25) is 5.02 Å². The minimum atomic E-state index is 0.0234. The lowest BCUT2D eigenvalue weighted by atomic mass is 10.1. The molecule has 0 saturated carbocycles. The van der Waals surface area contributed by atoms with Gasteiger partial charge < -0.3 is 0 Å². The molecule has 3 rings (SSSR count). The molecule has 108 valence electrons. The van der Waals surface area contributed by atoms with E-state index in [-0.39, 0.29) is 11.3 Å². The molecule has 1 saturated heterocycles. The predicted molar refractivity (Wildman–Crippen MR) is 90.1 cm³/mol. The Bertz CT molecular complexity index is 684. The first kappa shape index (κ1) is 14.5. The number of aryl methyl sites for hydroxylation is 1. The van der Waals surface area contributed by atoms with E-state index in [0.29, 0.717) is 10.8 Å². The fourth-order valence-electron chi connectivity index (χ4n) is 2.56. The van der Waals surface area contributed by atoms with E-state index in [1.54, 1.807) is 11.8 Å². The molecule has 21 heavy (non-hydrogen) atoms. The Morgan fingerprint density at radius 2 is 1.86 bits per heavy atom. The number of anilines is 1. The minimum Gasteiger partial charge on any atom is -0.295 e. The van der Waals surface area contributed by atoms with Crippen molar-refractivity contribution in [3.05, 3.63) is 64.2 Å². The molecule has 1 fully saturated rings. The van der Waals surface area contributed by atoms with Crippen molar-refractivity contribution in [2.24, 2.45) is 0 Å². The number of carbonyl (C=O) groups excluding carboxylic acids is 1. The van der Waals surface area contributed by atoms with Crippen molar-refractivity contribution >= 4 is 35.0 Å². The van der Waals surface area contributed by atoms with Gasteiger partial charge in [0, 0.05) is 10.7 Å². The third-order valence-corrected chi connectivity index (χ3v) is 5.32. The van der Waals surface area contributed by atoms with Crippen molar-refractivity contribution in [3.63, 3.8) is 0 Å². The Morgan fingerprint density at radius 3 is 2.57 bits per heavy atom. The summed E-state index contributed by atoms with van der Waals surface area (Å²) in [6.45, 7) is 4.14. The zero-order chi connectivity index (χ0) is 15.0. The maximum absolute atomic E-state index is 12.4. The first-order chi connectivity index (χ1) is 10.1. The van der Waals surface area contributed by atoms with Crippen molar-refractivity contribution in [3.8, 4) is 0 Å². The molecule has 1 amide bonds. The highest BCUT2D eigenvalue weighted by molar-refractivity contribution is 8.00. The normalized spacial score (nSPS) is 18.3. The van der Waals surface area contributed by atoms with Gasteiger partial charge >= 0.3 is 0 Å². The molecule has 0 aromatic heterocycles. The number of amides is 1. The highest BCUT2D eigenvalue weighted by Crippen LogP contribution is 2.43. The Morgan fingerprint density at radius 1 is 1.14 bits per heavy atom. The SMILES string of the molecule is Cc1cccc(N2C(=O)CS[C@@H]2c2ccc(Cl)cc2)c1C. The molecule has 0 bridgehead atoms. The monoisotopic (exact) mass is 317 g/mol. The van der Waals surface area contributed by atoms with Crippen LogP contribution in [0.3, 0.4) is 0 Å². The van der Waals surface area contributed by atoms with Gasteiger partial charge in [-0.2, -0.15) is 0 Å². The fourth-order valence-corrected chi connectivity index (χ4v) is 3.85. The maximum atomic E-state index is 12.4. The molecule has 1 aliphatic heterocycles. The molecule has 1 heterocycles. The summed E-state index contributed by atoms with van der Waals surface area (Å²) in [5.41, 5.74) is 4.47. The summed E-state index contributed by atoms with van der Waals surface area (Å²) in [6.07, 6.45) is 0. The van der Waals surface area contributed by atoms with Gasteiger partial charge in [0.2, 0.25) is 5.91 Å². The highest BCUT2D eigenvalue weighted by Gasteiger charge is 2.34. The molecule has 1 aliphatic rings. The number of benzene rings is 2. The molecular formula is C17H16ClNOS. The third-order valence-electron chi connectivity index (χ3n) is 3.86. The number of halogens is 1. The van der Waals surface area contributed by atoms with Crippen LogP contribution in [0.25, 0.3) is 0 Å². The van der Waals surface area contributed by atoms with Crippen LogP contribution in [0, 0.1) is 13.8 Å². The zero-order valence-corrected chi connectivity index (χ0v) is 13.5. The maximum Gasteiger partial charge on any atom is 0.238 e. The van der Waals surface area contributed by atoms with Crippen LogP contribution < -0.4 is 4.90 Å². The number of carbonyl (C=O) groups is 1. The summed E-state index contributed by atoms with van der Waals surface area (Å²) in [7, 11) is 0. The quantitative estimate of drug-likeness (QED) is 0.797. The Kier molecular flexibility index (Phi) is 3.96. The van der Waals surface area contributed by atoms with Crippen LogP contribution in [-0.4, -0.2) is 11.7 Å². The van der Waals surface area contributed by atoms with Gasteiger partial charge in [-0.25, -0.2) is 0 Å². The fraction of sp³-hybridized carbons (Fsp3) is 0.235. The van der Waals surface area contributed by atoms with E-state index in [1.165, 1.54) is 5.56 Å². The van der Waals surface area contributed by atoms with E-state index < -0.39 is 0 Å². The molecule has 2 nitrogen and oxygen atoms in total. The summed E-state index contributed by atoms with van der Waals surface area (Å²) in [5, 5.41) is 0.738. The number of thioether (sulfide) groups is 1. The number of hydrogen-bond acceptors (Lipinski definition) is 2. The lowest BCUT2D eigenvalue weighted by molar-refractivity contribution is -0.115. The average molecular weight is 318 g/mol. The first-order valence-corrected chi connectivity index (χ1v) is 8.26. The second-order valence-corrected chi connectivity index (χ2v) is 6.70. The van der Waals surface area contributed by atoms with Crippen molar-refractivity contribution in [2.45, 2.75) is 19.2 Å².